The Morgan fingerprint density at radius 3 is 2.68 bits per heavy atom. The maximum atomic E-state index is 12.6. The minimum atomic E-state index is 0.0646. The molecular weight excluding hydrogens is 278 g/mol. The fourth-order valence-corrected chi connectivity index (χ4v) is 2.86. The number of rotatable bonds is 6. The first-order valence-corrected chi connectivity index (χ1v) is 8.14. The van der Waals surface area contributed by atoms with Gasteiger partial charge in [0.2, 0.25) is 5.91 Å². The zero-order valence-electron chi connectivity index (χ0n) is 13.8. The molecule has 2 N–H and O–H groups in total. The second-order valence-electron chi connectivity index (χ2n) is 5.92. The highest BCUT2D eigenvalue weighted by Gasteiger charge is 2.26. The molecule has 2 rings (SSSR count). The van der Waals surface area contributed by atoms with E-state index in [1.54, 1.807) is 0 Å². The van der Waals surface area contributed by atoms with Crippen molar-refractivity contribution in [3.8, 4) is 5.75 Å². The molecule has 1 aliphatic heterocycles. The van der Waals surface area contributed by atoms with Crippen molar-refractivity contribution in [2.24, 2.45) is 0 Å². The molecule has 122 valence electrons. The quantitative estimate of drug-likeness (QED) is 0.820. The standard InChI is InChI=1S/C17H27N3O2/c1-4-8-19(9-5-2)17(21)12-20-11-13(3)22-16-7-6-14(18)10-15(16)20/h6-7,10,13H,4-5,8-9,11-12,18H2,1-3H3. The smallest absolute Gasteiger partial charge is 0.242 e. The zero-order valence-corrected chi connectivity index (χ0v) is 13.8. The summed E-state index contributed by atoms with van der Waals surface area (Å²) in [5.41, 5.74) is 7.49. The van der Waals surface area contributed by atoms with Crippen LogP contribution in [0.15, 0.2) is 18.2 Å². The Kier molecular flexibility index (Phi) is 5.52. The summed E-state index contributed by atoms with van der Waals surface area (Å²) in [7, 11) is 0. The van der Waals surface area contributed by atoms with E-state index in [1.165, 1.54) is 0 Å². The van der Waals surface area contributed by atoms with Crippen molar-refractivity contribution in [2.45, 2.75) is 39.7 Å². The molecular formula is C17H27N3O2. The number of fused-ring (bicyclic) bond motifs is 1. The number of anilines is 2. The van der Waals surface area contributed by atoms with Gasteiger partial charge in [0.15, 0.2) is 0 Å². The highest BCUT2D eigenvalue weighted by molar-refractivity contribution is 5.83. The molecule has 1 amide bonds. The lowest BCUT2D eigenvalue weighted by molar-refractivity contribution is -0.129. The van der Waals surface area contributed by atoms with Gasteiger partial charge in [0.25, 0.3) is 0 Å². The van der Waals surface area contributed by atoms with Crippen molar-refractivity contribution in [1.29, 1.82) is 0 Å². The molecule has 0 radical (unpaired) electrons. The fourth-order valence-electron chi connectivity index (χ4n) is 2.86. The highest BCUT2D eigenvalue weighted by atomic mass is 16.5. The van der Waals surface area contributed by atoms with Crippen LogP contribution in [-0.4, -0.2) is 43.1 Å². The molecule has 0 fully saturated rings. The Balaban J connectivity index is 2.15. The number of carbonyl (C=O) groups is 1. The summed E-state index contributed by atoms with van der Waals surface area (Å²) >= 11 is 0. The maximum Gasteiger partial charge on any atom is 0.242 e. The third-order valence-corrected chi connectivity index (χ3v) is 3.80. The van der Waals surface area contributed by atoms with Gasteiger partial charge in [-0.25, -0.2) is 0 Å². The maximum absolute atomic E-state index is 12.6. The molecule has 1 unspecified atom stereocenters. The van der Waals surface area contributed by atoms with Gasteiger partial charge in [-0.1, -0.05) is 13.8 Å². The van der Waals surface area contributed by atoms with E-state index < -0.39 is 0 Å². The minimum absolute atomic E-state index is 0.0646. The molecule has 22 heavy (non-hydrogen) atoms. The summed E-state index contributed by atoms with van der Waals surface area (Å²) in [4.78, 5) is 16.6. The number of hydrogen-bond acceptors (Lipinski definition) is 4. The molecule has 0 saturated heterocycles. The van der Waals surface area contributed by atoms with Gasteiger partial charge in [0.05, 0.1) is 18.8 Å². The third-order valence-electron chi connectivity index (χ3n) is 3.80. The van der Waals surface area contributed by atoms with Crippen LogP contribution < -0.4 is 15.4 Å². The van der Waals surface area contributed by atoms with Gasteiger partial charge < -0.3 is 20.3 Å². The molecule has 0 spiro atoms. The van der Waals surface area contributed by atoms with E-state index >= 15 is 0 Å². The zero-order chi connectivity index (χ0) is 16.1. The molecule has 1 heterocycles. The second kappa shape index (κ2) is 7.38. The number of nitrogens with two attached hydrogens (primary N) is 1. The Morgan fingerprint density at radius 2 is 2.05 bits per heavy atom. The summed E-state index contributed by atoms with van der Waals surface area (Å²) in [6, 6.07) is 5.60. The van der Waals surface area contributed by atoms with Gasteiger partial charge in [-0.2, -0.15) is 0 Å². The minimum Gasteiger partial charge on any atom is -0.487 e. The van der Waals surface area contributed by atoms with Gasteiger partial charge in [-0.05, 0) is 38.0 Å². The Labute approximate surface area is 133 Å². The molecule has 0 aromatic heterocycles. The number of nitrogens with zero attached hydrogens (tertiary/aromatic N) is 2. The molecule has 5 heteroatoms. The monoisotopic (exact) mass is 305 g/mol. The molecule has 1 aliphatic rings. The average Bonchev–Trinajstić information content (AvgIpc) is 2.47. The van der Waals surface area contributed by atoms with Crippen molar-refractivity contribution in [3.05, 3.63) is 18.2 Å². The van der Waals surface area contributed by atoms with Crippen molar-refractivity contribution >= 4 is 17.3 Å². The van der Waals surface area contributed by atoms with Crippen LogP contribution in [0.25, 0.3) is 0 Å². The molecule has 0 bridgehead atoms. The fraction of sp³-hybridized carbons (Fsp3) is 0.588. The van der Waals surface area contributed by atoms with Gasteiger partial charge in [-0.15, -0.1) is 0 Å². The third kappa shape index (κ3) is 3.84. The predicted molar refractivity (Wildman–Crippen MR) is 90.3 cm³/mol. The molecule has 0 aliphatic carbocycles. The SMILES string of the molecule is CCCN(CCC)C(=O)CN1CC(C)Oc2ccc(N)cc21. The van der Waals surface area contributed by atoms with Crippen molar-refractivity contribution in [3.63, 3.8) is 0 Å². The van der Waals surface area contributed by atoms with Gasteiger partial charge in [0.1, 0.15) is 11.9 Å². The van der Waals surface area contributed by atoms with Crippen LogP contribution in [0.4, 0.5) is 11.4 Å². The van der Waals surface area contributed by atoms with E-state index in [1.807, 2.05) is 30.0 Å². The lowest BCUT2D eigenvalue weighted by atomic mass is 10.1. The van der Waals surface area contributed by atoms with Crippen LogP contribution in [-0.2, 0) is 4.79 Å². The number of carbonyl (C=O) groups excluding carboxylic acids is 1. The van der Waals surface area contributed by atoms with Crippen LogP contribution >= 0.6 is 0 Å². The largest absolute Gasteiger partial charge is 0.487 e. The number of amides is 1. The summed E-state index contributed by atoms with van der Waals surface area (Å²) < 4.78 is 5.83. The van der Waals surface area contributed by atoms with Crippen LogP contribution in [0.5, 0.6) is 5.75 Å². The topological polar surface area (TPSA) is 58.8 Å². The lowest BCUT2D eigenvalue weighted by Gasteiger charge is -2.36. The van der Waals surface area contributed by atoms with E-state index in [4.69, 9.17) is 10.5 Å². The number of nitrogen functional groups attached to an aromatic ring is 1. The van der Waals surface area contributed by atoms with Crippen LogP contribution in [0.2, 0.25) is 0 Å². The van der Waals surface area contributed by atoms with E-state index in [-0.39, 0.29) is 12.0 Å². The van der Waals surface area contributed by atoms with E-state index in [2.05, 4.69) is 18.7 Å². The van der Waals surface area contributed by atoms with Crippen LogP contribution in [0.3, 0.4) is 0 Å². The summed E-state index contributed by atoms with van der Waals surface area (Å²) in [6.07, 6.45) is 2.03. The Morgan fingerprint density at radius 1 is 1.36 bits per heavy atom. The Hall–Kier alpha value is -1.91. The highest BCUT2D eigenvalue weighted by Crippen LogP contribution is 2.34. The molecule has 5 nitrogen and oxygen atoms in total. The summed E-state index contributed by atoms with van der Waals surface area (Å²) in [5.74, 6) is 0.976. The lowest BCUT2D eigenvalue weighted by Crippen LogP contribution is -2.46. The van der Waals surface area contributed by atoms with Crippen LogP contribution in [0, 0.1) is 0 Å². The predicted octanol–water partition coefficient (Wildman–Crippen LogP) is 2.50. The number of benzene rings is 1. The van der Waals surface area contributed by atoms with Crippen LogP contribution in [0.1, 0.15) is 33.6 Å². The van der Waals surface area contributed by atoms with E-state index in [0.29, 0.717) is 18.8 Å². The first-order chi connectivity index (χ1) is 10.5. The molecule has 1 atom stereocenters. The number of ether oxygens (including phenoxy) is 1. The van der Waals surface area contributed by atoms with Gasteiger partial charge in [-0.3, -0.25) is 4.79 Å². The first kappa shape index (κ1) is 16.5. The Bertz CT molecular complexity index is 513. The van der Waals surface area contributed by atoms with Gasteiger partial charge >= 0.3 is 0 Å². The second-order valence-corrected chi connectivity index (χ2v) is 5.92. The summed E-state index contributed by atoms with van der Waals surface area (Å²) in [6.45, 7) is 8.93. The van der Waals surface area contributed by atoms with E-state index in [9.17, 15) is 4.79 Å². The van der Waals surface area contributed by atoms with E-state index in [0.717, 1.165) is 37.4 Å². The average molecular weight is 305 g/mol. The molecule has 1 aromatic rings. The summed E-state index contributed by atoms with van der Waals surface area (Å²) in [5, 5.41) is 0. The first-order valence-electron chi connectivity index (χ1n) is 8.14. The van der Waals surface area contributed by atoms with Gasteiger partial charge in [0, 0.05) is 18.8 Å². The van der Waals surface area contributed by atoms with Crippen molar-refractivity contribution in [1.82, 2.24) is 4.90 Å². The van der Waals surface area contributed by atoms with Crippen molar-refractivity contribution in [2.75, 3.05) is 36.8 Å². The molecule has 0 saturated carbocycles. The normalized spacial score (nSPS) is 16.9. The number of hydrogen-bond donors (Lipinski definition) is 1. The van der Waals surface area contributed by atoms with Crippen molar-refractivity contribution < 1.29 is 9.53 Å². The molecule has 1 aromatic carbocycles.